The predicted octanol–water partition coefficient (Wildman–Crippen LogP) is 2.67. The number of nitrogens with zero attached hydrogens (tertiary/aromatic N) is 3. The summed E-state index contributed by atoms with van der Waals surface area (Å²) in [6.07, 6.45) is 0. The Labute approximate surface area is 136 Å². The van der Waals surface area contributed by atoms with Crippen LogP contribution in [-0.4, -0.2) is 33.8 Å². The fraction of sp³-hybridized carbons (Fsp3) is 0.385. The summed E-state index contributed by atoms with van der Waals surface area (Å²) >= 11 is 7.18. The fourth-order valence-electron chi connectivity index (χ4n) is 1.89. The second-order valence-corrected chi connectivity index (χ2v) is 5.82. The Balaban J connectivity index is 2.28. The SMILES string of the molecule is CCn1nc(C)c(Cl)c1C(=O)Nc1nc(C)c(C(=O)OC)s1. The van der Waals surface area contributed by atoms with Gasteiger partial charge in [0.15, 0.2) is 5.13 Å². The summed E-state index contributed by atoms with van der Waals surface area (Å²) in [6.45, 7) is 5.78. The molecule has 2 rings (SSSR count). The Kier molecular flexibility index (Phi) is 4.82. The quantitative estimate of drug-likeness (QED) is 0.863. The van der Waals surface area contributed by atoms with Crippen molar-refractivity contribution < 1.29 is 14.3 Å². The molecule has 2 heterocycles. The molecule has 2 aromatic rings. The predicted molar refractivity (Wildman–Crippen MR) is 83.8 cm³/mol. The number of nitrogens with one attached hydrogen (secondary N) is 1. The van der Waals surface area contributed by atoms with Crippen molar-refractivity contribution in [2.45, 2.75) is 27.3 Å². The van der Waals surface area contributed by atoms with Crippen molar-refractivity contribution in [1.29, 1.82) is 0 Å². The van der Waals surface area contributed by atoms with E-state index in [1.54, 1.807) is 13.8 Å². The molecule has 0 aliphatic heterocycles. The lowest BCUT2D eigenvalue weighted by Crippen LogP contribution is -2.17. The van der Waals surface area contributed by atoms with Crippen molar-refractivity contribution in [1.82, 2.24) is 14.8 Å². The highest BCUT2D eigenvalue weighted by molar-refractivity contribution is 7.17. The monoisotopic (exact) mass is 342 g/mol. The molecule has 0 saturated heterocycles. The van der Waals surface area contributed by atoms with E-state index in [9.17, 15) is 9.59 Å². The number of ether oxygens (including phenoxy) is 1. The van der Waals surface area contributed by atoms with Gasteiger partial charge in [0.1, 0.15) is 10.6 Å². The summed E-state index contributed by atoms with van der Waals surface area (Å²) in [5.41, 5.74) is 1.35. The van der Waals surface area contributed by atoms with E-state index in [4.69, 9.17) is 11.6 Å². The van der Waals surface area contributed by atoms with E-state index in [1.807, 2.05) is 6.92 Å². The first-order valence-electron chi connectivity index (χ1n) is 6.49. The highest BCUT2D eigenvalue weighted by Crippen LogP contribution is 2.26. The van der Waals surface area contributed by atoms with E-state index in [-0.39, 0.29) is 5.69 Å². The Morgan fingerprint density at radius 3 is 2.64 bits per heavy atom. The Morgan fingerprint density at radius 2 is 2.05 bits per heavy atom. The van der Waals surface area contributed by atoms with Crippen molar-refractivity contribution in [3.05, 3.63) is 27.0 Å². The number of hydrogen-bond donors (Lipinski definition) is 1. The average molecular weight is 343 g/mol. The van der Waals surface area contributed by atoms with Crippen molar-refractivity contribution in [2.24, 2.45) is 0 Å². The summed E-state index contributed by atoms with van der Waals surface area (Å²) < 4.78 is 6.19. The molecule has 0 aromatic carbocycles. The summed E-state index contributed by atoms with van der Waals surface area (Å²) in [4.78, 5) is 28.4. The number of hydrogen-bond acceptors (Lipinski definition) is 6. The largest absolute Gasteiger partial charge is 0.465 e. The topological polar surface area (TPSA) is 86.1 Å². The van der Waals surface area contributed by atoms with E-state index in [2.05, 4.69) is 20.1 Å². The molecule has 0 spiro atoms. The summed E-state index contributed by atoms with van der Waals surface area (Å²) in [7, 11) is 1.29. The Morgan fingerprint density at radius 1 is 1.36 bits per heavy atom. The van der Waals surface area contributed by atoms with Gasteiger partial charge in [0.25, 0.3) is 5.91 Å². The van der Waals surface area contributed by atoms with Crippen molar-refractivity contribution >= 4 is 39.9 Å². The van der Waals surface area contributed by atoms with Crippen molar-refractivity contribution in [3.63, 3.8) is 0 Å². The zero-order chi connectivity index (χ0) is 16.4. The van der Waals surface area contributed by atoms with Crippen LogP contribution in [0.15, 0.2) is 0 Å². The van der Waals surface area contributed by atoms with Crippen LogP contribution in [0.4, 0.5) is 5.13 Å². The van der Waals surface area contributed by atoms with Gasteiger partial charge < -0.3 is 4.74 Å². The minimum absolute atomic E-state index is 0.272. The molecule has 22 heavy (non-hydrogen) atoms. The third-order valence-electron chi connectivity index (χ3n) is 2.96. The molecular weight excluding hydrogens is 328 g/mol. The van der Waals surface area contributed by atoms with Gasteiger partial charge in [-0.05, 0) is 20.8 Å². The summed E-state index contributed by atoms with van der Waals surface area (Å²) in [5, 5.41) is 7.44. The van der Waals surface area contributed by atoms with Gasteiger partial charge in [-0.25, -0.2) is 9.78 Å². The van der Waals surface area contributed by atoms with Crippen molar-refractivity contribution in [2.75, 3.05) is 12.4 Å². The highest BCUT2D eigenvalue weighted by atomic mass is 35.5. The number of amides is 1. The zero-order valence-corrected chi connectivity index (χ0v) is 14.1. The first kappa shape index (κ1) is 16.4. The summed E-state index contributed by atoms with van der Waals surface area (Å²) in [6, 6.07) is 0. The van der Waals surface area contributed by atoms with Gasteiger partial charge >= 0.3 is 5.97 Å². The smallest absolute Gasteiger partial charge is 0.350 e. The van der Waals surface area contributed by atoms with Gasteiger partial charge in [-0.2, -0.15) is 5.10 Å². The van der Waals surface area contributed by atoms with Gasteiger partial charge in [-0.1, -0.05) is 22.9 Å². The number of aryl methyl sites for hydroxylation is 3. The molecule has 0 unspecified atom stereocenters. The third-order valence-corrected chi connectivity index (χ3v) is 4.46. The molecule has 0 aliphatic rings. The lowest BCUT2D eigenvalue weighted by Gasteiger charge is -2.04. The number of anilines is 1. The second kappa shape index (κ2) is 6.45. The molecule has 0 fully saturated rings. The molecule has 0 atom stereocenters. The lowest BCUT2D eigenvalue weighted by molar-refractivity contribution is 0.0605. The number of methoxy groups -OCH3 is 1. The first-order valence-corrected chi connectivity index (χ1v) is 7.68. The highest BCUT2D eigenvalue weighted by Gasteiger charge is 2.22. The van der Waals surface area contributed by atoms with Crippen LogP contribution < -0.4 is 5.32 Å². The maximum absolute atomic E-state index is 12.4. The zero-order valence-electron chi connectivity index (χ0n) is 12.6. The third kappa shape index (κ3) is 2.97. The Bertz CT molecular complexity index is 738. The van der Waals surface area contributed by atoms with Crippen LogP contribution in [0.25, 0.3) is 0 Å². The minimum atomic E-state index is -0.483. The van der Waals surface area contributed by atoms with Gasteiger partial charge in [0.2, 0.25) is 0 Å². The van der Waals surface area contributed by atoms with Crippen LogP contribution in [-0.2, 0) is 11.3 Å². The van der Waals surface area contributed by atoms with Gasteiger partial charge in [0.05, 0.1) is 23.5 Å². The number of rotatable bonds is 4. The fourth-order valence-corrected chi connectivity index (χ4v) is 2.99. The van der Waals surface area contributed by atoms with Gasteiger partial charge in [-0.3, -0.25) is 14.8 Å². The molecule has 118 valence electrons. The first-order chi connectivity index (χ1) is 10.4. The molecule has 2 aromatic heterocycles. The number of esters is 1. The molecule has 0 bridgehead atoms. The number of halogens is 1. The average Bonchev–Trinajstić information content (AvgIpc) is 2.98. The molecule has 0 saturated carbocycles. The van der Waals surface area contributed by atoms with Crippen LogP contribution in [0.1, 0.15) is 38.5 Å². The van der Waals surface area contributed by atoms with E-state index in [0.29, 0.717) is 33.0 Å². The molecule has 1 amide bonds. The minimum Gasteiger partial charge on any atom is -0.465 e. The molecular formula is C13H15ClN4O3S. The molecule has 9 heteroatoms. The van der Waals surface area contributed by atoms with Crippen LogP contribution in [0.5, 0.6) is 0 Å². The Hall–Kier alpha value is -1.93. The molecule has 0 radical (unpaired) electrons. The van der Waals surface area contributed by atoms with E-state index in [0.717, 1.165) is 11.3 Å². The van der Waals surface area contributed by atoms with Crippen LogP contribution in [0.2, 0.25) is 5.02 Å². The van der Waals surface area contributed by atoms with E-state index < -0.39 is 11.9 Å². The maximum Gasteiger partial charge on any atom is 0.350 e. The van der Waals surface area contributed by atoms with Crippen molar-refractivity contribution in [3.8, 4) is 0 Å². The number of aromatic nitrogens is 3. The van der Waals surface area contributed by atoms with Gasteiger partial charge in [0, 0.05) is 6.54 Å². The lowest BCUT2D eigenvalue weighted by atomic mass is 10.3. The van der Waals surface area contributed by atoms with E-state index in [1.165, 1.54) is 11.8 Å². The second-order valence-electron chi connectivity index (χ2n) is 4.44. The molecule has 0 aliphatic carbocycles. The standard InChI is InChI=1S/C13H15ClN4O3S/c1-5-18-9(8(14)6(2)17-18)11(19)16-13-15-7(3)10(22-13)12(20)21-4/h5H2,1-4H3,(H,15,16,19). The summed E-state index contributed by atoms with van der Waals surface area (Å²) in [5.74, 6) is -0.902. The number of carbonyl (C=O) groups is 2. The van der Waals surface area contributed by atoms with Gasteiger partial charge in [-0.15, -0.1) is 0 Å². The number of thiazole rings is 1. The molecule has 7 nitrogen and oxygen atoms in total. The van der Waals surface area contributed by atoms with Crippen LogP contribution in [0, 0.1) is 13.8 Å². The number of carbonyl (C=O) groups excluding carboxylic acids is 2. The maximum atomic E-state index is 12.4. The molecule has 1 N–H and O–H groups in total. The van der Waals surface area contributed by atoms with Crippen LogP contribution >= 0.6 is 22.9 Å². The van der Waals surface area contributed by atoms with Crippen LogP contribution in [0.3, 0.4) is 0 Å². The normalized spacial score (nSPS) is 10.6. The van der Waals surface area contributed by atoms with E-state index >= 15 is 0 Å².